The fourth-order valence-electron chi connectivity index (χ4n) is 2.38. The molecule has 0 spiro atoms. The zero-order valence-corrected chi connectivity index (χ0v) is 16.0. The van der Waals surface area contributed by atoms with Gasteiger partial charge in [-0.1, -0.05) is 11.6 Å². The minimum atomic E-state index is -0.452. The summed E-state index contributed by atoms with van der Waals surface area (Å²) in [5.74, 6) is 0.420. The minimum Gasteiger partial charge on any atom is -0.350 e. The number of urea groups is 1. The number of aromatic nitrogens is 3. The Morgan fingerprint density at radius 2 is 1.96 bits per heavy atom. The van der Waals surface area contributed by atoms with Crippen molar-refractivity contribution < 1.29 is 9.59 Å². The third kappa shape index (κ3) is 4.95. The lowest BCUT2D eigenvalue weighted by Crippen LogP contribution is -2.33. The van der Waals surface area contributed by atoms with Crippen LogP contribution in [0.3, 0.4) is 0 Å². The number of aryl methyl sites for hydroxylation is 1. The maximum absolute atomic E-state index is 12.3. The Labute approximate surface area is 157 Å². The standard InChI is InChI=1S/C17H23ClN6O2/c1-5-24-15(19-9-20-24)11(4)22-17(26)23-14-8-12(6-7-13(14)18)16(25)21-10(2)3/h6-11H,5H2,1-4H3,(H,21,25)(H2,22,23,26). The summed E-state index contributed by atoms with van der Waals surface area (Å²) in [6.07, 6.45) is 1.45. The molecule has 0 saturated heterocycles. The van der Waals surface area contributed by atoms with Gasteiger partial charge in [-0.3, -0.25) is 4.79 Å². The average Bonchev–Trinajstić information content (AvgIpc) is 3.04. The average molecular weight is 379 g/mol. The Morgan fingerprint density at radius 1 is 1.23 bits per heavy atom. The zero-order chi connectivity index (χ0) is 19.3. The topological polar surface area (TPSA) is 101 Å². The maximum atomic E-state index is 12.3. The number of carbonyl (C=O) groups is 2. The van der Waals surface area contributed by atoms with Crippen molar-refractivity contribution in [3.8, 4) is 0 Å². The summed E-state index contributed by atoms with van der Waals surface area (Å²) in [6, 6.07) is 3.93. The highest BCUT2D eigenvalue weighted by atomic mass is 35.5. The van der Waals surface area contributed by atoms with Crippen LogP contribution in [0.1, 0.15) is 49.9 Å². The molecule has 1 aromatic heterocycles. The number of amides is 3. The molecule has 0 bridgehead atoms. The summed E-state index contributed by atoms with van der Waals surface area (Å²) < 4.78 is 1.70. The molecule has 2 aromatic rings. The summed E-state index contributed by atoms with van der Waals surface area (Å²) in [4.78, 5) is 28.6. The van der Waals surface area contributed by atoms with Crippen LogP contribution in [0.5, 0.6) is 0 Å². The zero-order valence-electron chi connectivity index (χ0n) is 15.2. The monoisotopic (exact) mass is 378 g/mol. The molecule has 1 atom stereocenters. The Kier molecular flexibility index (Phi) is 6.57. The van der Waals surface area contributed by atoms with Crippen molar-refractivity contribution in [2.24, 2.45) is 0 Å². The van der Waals surface area contributed by atoms with Crippen molar-refractivity contribution in [3.05, 3.63) is 40.9 Å². The van der Waals surface area contributed by atoms with E-state index in [-0.39, 0.29) is 18.0 Å². The van der Waals surface area contributed by atoms with E-state index in [9.17, 15) is 9.59 Å². The first-order valence-electron chi connectivity index (χ1n) is 8.37. The molecule has 3 amide bonds. The van der Waals surface area contributed by atoms with E-state index in [0.29, 0.717) is 28.6 Å². The van der Waals surface area contributed by atoms with E-state index < -0.39 is 6.03 Å². The molecule has 0 fully saturated rings. The first kappa shape index (κ1) is 19.7. The number of benzene rings is 1. The lowest BCUT2D eigenvalue weighted by Gasteiger charge is -2.16. The summed E-state index contributed by atoms with van der Waals surface area (Å²) in [5.41, 5.74) is 0.766. The highest BCUT2D eigenvalue weighted by molar-refractivity contribution is 6.33. The molecule has 26 heavy (non-hydrogen) atoms. The van der Waals surface area contributed by atoms with Gasteiger partial charge in [-0.15, -0.1) is 0 Å². The Hall–Kier alpha value is -2.61. The number of anilines is 1. The SMILES string of the molecule is CCn1ncnc1C(C)NC(=O)Nc1cc(C(=O)NC(C)C)ccc1Cl. The highest BCUT2D eigenvalue weighted by Crippen LogP contribution is 2.23. The van der Waals surface area contributed by atoms with E-state index in [0.717, 1.165) is 0 Å². The number of carbonyl (C=O) groups excluding carboxylic acids is 2. The molecule has 0 radical (unpaired) electrons. The number of rotatable bonds is 6. The van der Waals surface area contributed by atoms with E-state index in [1.165, 1.54) is 6.33 Å². The van der Waals surface area contributed by atoms with Gasteiger partial charge in [-0.25, -0.2) is 14.5 Å². The molecule has 0 aliphatic heterocycles. The van der Waals surface area contributed by atoms with E-state index in [2.05, 4.69) is 26.0 Å². The van der Waals surface area contributed by atoms with Crippen molar-refractivity contribution >= 4 is 29.2 Å². The van der Waals surface area contributed by atoms with Crippen LogP contribution in [-0.2, 0) is 6.54 Å². The first-order valence-corrected chi connectivity index (χ1v) is 8.75. The van der Waals surface area contributed by atoms with E-state index in [1.54, 1.807) is 22.9 Å². The molecule has 9 heteroatoms. The molecule has 2 rings (SSSR count). The normalized spacial score (nSPS) is 11.9. The number of nitrogens with one attached hydrogen (secondary N) is 3. The third-order valence-electron chi connectivity index (χ3n) is 3.58. The lowest BCUT2D eigenvalue weighted by molar-refractivity contribution is 0.0943. The molecule has 3 N–H and O–H groups in total. The molecule has 0 saturated carbocycles. The van der Waals surface area contributed by atoms with Gasteiger partial charge in [0, 0.05) is 18.2 Å². The van der Waals surface area contributed by atoms with Crippen molar-refractivity contribution in [3.63, 3.8) is 0 Å². The van der Waals surface area contributed by atoms with Gasteiger partial charge in [-0.2, -0.15) is 5.10 Å². The third-order valence-corrected chi connectivity index (χ3v) is 3.91. The van der Waals surface area contributed by atoms with Gasteiger partial charge < -0.3 is 16.0 Å². The molecule has 0 aliphatic carbocycles. The van der Waals surface area contributed by atoms with Crippen LogP contribution >= 0.6 is 11.6 Å². The number of nitrogens with zero attached hydrogens (tertiary/aromatic N) is 3. The Bertz CT molecular complexity index is 789. The highest BCUT2D eigenvalue weighted by Gasteiger charge is 2.16. The van der Waals surface area contributed by atoms with Crippen molar-refractivity contribution in [2.45, 2.75) is 46.3 Å². The summed E-state index contributed by atoms with van der Waals surface area (Å²) in [5, 5.41) is 12.7. The number of hydrogen-bond acceptors (Lipinski definition) is 4. The first-order chi connectivity index (χ1) is 12.3. The van der Waals surface area contributed by atoms with Gasteiger partial charge >= 0.3 is 6.03 Å². The van der Waals surface area contributed by atoms with Gasteiger partial charge in [0.1, 0.15) is 12.2 Å². The predicted octanol–water partition coefficient (Wildman–Crippen LogP) is 2.97. The second kappa shape index (κ2) is 8.66. The Balaban J connectivity index is 2.07. The van der Waals surface area contributed by atoms with Crippen LogP contribution in [0.25, 0.3) is 0 Å². The van der Waals surface area contributed by atoms with Crippen LogP contribution in [0, 0.1) is 0 Å². The van der Waals surface area contributed by atoms with Gasteiger partial charge in [0.2, 0.25) is 0 Å². The predicted molar refractivity (Wildman–Crippen MR) is 100 cm³/mol. The molecule has 1 heterocycles. The molecule has 0 aliphatic rings. The quantitative estimate of drug-likeness (QED) is 0.719. The minimum absolute atomic E-state index is 0.00894. The van der Waals surface area contributed by atoms with Crippen molar-refractivity contribution in [2.75, 3.05) is 5.32 Å². The fourth-order valence-corrected chi connectivity index (χ4v) is 2.54. The van der Waals surface area contributed by atoms with Crippen LogP contribution in [0.2, 0.25) is 5.02 Å². The molecule has 8 nitrogen and oxygen atoms in total. The summed E-state index contributed by atoms with van der Waals surface area (Å²) in [6.45, 7) is 8.15. The molecular weight excluding hydrogens is 356 g/mol. The second-order valence-electron chi connectivity index (χ2n) is 6.08. The maximum Gasteiger partial charge on any atom is 0.319 e. The van der Waals surface area contributed by atoms with Crippen molar-refractivity contribution in [1.82, 2.24) is 25.4 Å². The lowest BCUT2D eigenvalue weighted by atomic mass is 10.1. The summed E-state index contributed by atoms with van der Waals surface area (Å²) in [7, 11) is 0. The van der Waals surface area contributed by atoms with E-state index in [1.807, 2.05) is 27.7 Å². The van der Waals surface area contributed by atoms with E-state index in [4.69, 9.17) is 11.6 Å². The van der Waals surface area contributed by atoms with Crippen LogP contribution < -0.4 is 16.0 Å². The molecular formula is C17H23ClN6O2. The largest absolute Gasteiger partial charge is 0.350 e. The number of hydrogen-bond donors (Lipinski definition) is 3. The summed E-state index contributed by atoms with van der Waals surface area (Å²) >= 11 is 6.13. The van der Waals surface area contributed by atoms with Crippen LogP contribution in [0.15, 0.2) is 24.5 Å². The van der Waals surface area contributed by atoms with E-state index >= 15 is 0 Å². The van der Waals surface area contributed by atoms with Gasteiger partial charge in [0.15, 0.2) is 0 Å². The van der Waals surface area contributed by atoms with Gasteiger partial charge in [0.05, 0.1) is 16.8 Å². The van der Waals surface area contributed by atoms with Gasteiger partial charge in [0.25, 0.3) is 5.91 Å². The Morgan fingerprint density at radius 3 is 2.62 bits per heavy atom. The van der Waals surface area contributed by atoms with Crippen LogP contribution in [0.4, 0.5) is 10.5 Å². The molecule has 1 unspecified atom stereocenters. The molecule has 140 valence electrons. The van der Waals surface area contributed by atoms with Gasteiger partial charge in [-0.05, 0) is 45.9 Å². The molecule has 1 aromatic carbocycles. The van der Waals surface area contributed by atoms with Crippen LogP contribution in [-0.4, -0.2) is 32.7 Å². The smallest absolute Gasteiger partial charge is 0.319 e. The van der Waals surface area contributed by atoms with Crippen molar-refractivity contribution in [1.29, 1.82) is 0 Å². The second-order valence-corrected chi connectivity index (χ2v) is 6.48. The number of halogens is 1. The fraction of sp³-hybridized carbons (Fsp3) is 0.412.